The molecule has 0 fully saturated rings. The van der Waals surface area contributed by atoms with Crippen LogP contribution in [-0.2, 0) is 11.2 Å². The predicted octanol–water partition coefficient (Wildman–Crippen LogP) is 1.86. The first kappa shape index (κ1) is 13.6. The van der Waals surface area contributed by atoms with Crippen molar-refractivity contribution in [2.24, 2.45) is 0 Å². The highest BCUT2D eigenvalue weighted by Crippen LogP contribution is 2.15. The molecule has 1 aromatic heterocycles. The number of aromatic nitrogens is 1. The SMILES string of the molecule is CCC(CC)(NCCc1ccncc1)C(=O)O. The molecule has 0 spiro atoms. The minimum Gasteiger partial charge on any atom is -0.480 e. The quantitative estimate of drug-likeness (QED) is 0.758. The third kappa shape index (κ3) is 3.53. The number of rotatable bonds is 7. The largest absolute Gasteiger partial charge is 0.480 e. The standard InChI is InChI=1S/C13H20N2O2/c1-3-13(4-2,12(16)17)15-10-7-11-5-8-14-9-6-11/h5-6,8-9,15H,3-4,7,10H2,1-2H3,(H,16,17). The summed E-state index contributed by atoms with van der Waals surface area (Å²) in [5.41, 5.74) is 0.381. The van der Waals surface area contributed by atoms with Gasteiger partial charge in [-0.15, -0.1) is 0 Å². The van der Waals surface area contributed by atoms with Gasteiger partial charge in [0.15, 0.2) is 0 Å². The first-order valence-corrected chi connectivity index (χ1v) is 6.02. The minimum absolute atomic E-state index is 0.592. The molecule has 0 aliphatic carbocycles. The van der Waals surface area contributed by atoms with Crippen molar-refractivity contribution >= 4 is 5.97 Å². The lowest BCUT2D eigenvalue weighted by molar-refractivity contribution is -0.145. The van der Waals surface area contributed by atoms with Crippen molar-refractivity contribution in [1.29, 1.82) is 0 Å². The normalized spacial score (nSPS) is 11.4. The van der Waals surface area contributed by atoms with Crippen molar-refractivity contribution in [2.45, 2.75) is 38.6 Å². The molecule has 17 heavy (non-hydrogen) atoms. The van der Waals surface area contributed by atoms with Crippen molar-refractivity contribution in [1.82, 2.24) is 10.3 Å². The van der Waals surface area contributed by atoms with Crippen molar-refractivity contribution in [2.75, 3.05) is 6.54 Å². The summed E-state index contributed by atoms with van der Waals surface area (Å²) in [6, 6.07) is 3.89. The molecule has 4 nitrogen and oxygen atoms in total. The van der Waals surface area contributed by atoms with Gasteiger partial charge in [-0.2, -0.15) is 0 Å². The Morgan fingerprint density at radius 1 is 1.35 bits per heavy atom. The lowest BCUT2D eigenvalue weighted by atomic mass is 9.92. The maximum Gasteiger partial charge on any atom is 0.323 e. The lowest BCUT2D eigenvalue weighted by Gasteiger charge is -2.28. The van der Waals surface area contributed by atoms with Crippen LogP contribution in [0.3, 0.4) is 0 Å². The number of carbonyl (C=O) groups is 1. The van der Waals surface area contributed by atoms with Crippen molar-refractivity contribution in [3.8, 4) is 0 Å². The van der Waals surface area contributed by atoms with Gasteiger partial charge in [0.1, 0.15) is 5.54 Å². The summed E-state index contributed by atoms with van der Waals surface area (Å²) in [6.07, 6.45) is 5.50. The zero-order valence-corrected chi connectivity index (χ0v) is 10.4. The van der Waals surface area contributed by atoms with Gasteiger partial charge in [0.25, 0.3) is 0 Å². The van der Waals surface area contributed by atoms with E-state index in [-0.39, 0.29) is 0 Å². The van der Waals surface area contributed by atoms with Gasteiger partial charge < -0.3 is 10.4 Å². The smallest absolute Gasteiger partial charge is 0.323 e. The number of nitrogens with one attached hydrogen (secondary N) is 1. The van der Waals surface area contributed by atoms with Crippen LogP contribution in [0.5, 0.6) is 0 Å². The monoisotopic (exact) mass is 236 g/mol. The zero-order chi connectivity index (χ0) is 12.7. The lowest BCUT2D eigenvalue weighted by Crippen LogP contribution is -2.51. The molecule has 0 bridgehead atoms. The molecular weight excluding hydrogens is 216 g/mol. The van der Waals surface area contributed by atoms with Crippen molar-refractivity contribution < 1.29 is 9.90 Å². The molecule has 1 heterocycles. The highest BCUT2D eigenvalue weighted by Gasteiger charge is 2.33. The van der Waals surface area contributed by atoms with Gasteiger partial charge in [0.05, 0.1) is 0 Å². The first-order valence-electron chi connectivity index (χ1n) is 6.02. The second kappa shape index (κ2) is 6.35. The summed E-state index contributed by atoms with van der Waals surface area (Å²) in [4.78, 5) is 15.2. The minimum atomic E-state index is -0.785. The van der Waals surface area contributed by atoms with Crippen LogP contribution in [0, 0.1) is 0 Å². The van der Waals surface area contributed by atoms with Gasteiger partial charge in [0, 0.05) is 18.9 Å². The summed E-state index contributed by atoms with van der Waals surface area (Å²) >= 11 is 0. The number of carboxylic acids is 1. The molecule has 4 heteroatoms. The highest BCUT2D eigenvalue weighted by molar-refractivity contribution is 5.78. The molecule has 2 N–H and O–H groups in total. The third-order valence-electron chi connectivity index (χ3n) is 3.24. The molecule has 0 unspecified atom stereocenters. The van der Waals surface area contributed by atoms with E-state index in [1.54, 1.807) is 12.4 Å². The zero-order valence-electron chi connectivity index (χ0n) is 10.4. The van der Waals surface area contributed by atoms with Crippen molar-refractivity contribution in [3.05, 3.63) is 30.1 Å². The molecule has 0 radical (unpaired) electrons. The van der Waals surface area contributed by atoms with Crippen LogP contribution in [-0.4, -0.2) is 28.1 Å². The van der Waals surface area contributed by atoms with Crippen LogP contribution in [0.1, 0.15) is 32.3 Å². The average Bonchev–Trinajstić information content (AvgIpc) is 2.36. The molecule has 0 saturated heterocycles. The van der Waals surface area contributed by atoms with Gasteiger partial charge in [-0.05, 0) is 37.0 Å². The first-order chi connectivity index (χ1) is 8.14. The van der Waals surface area contributed by atoms with Crippen LogP contribution in [0.4, 0.5) is 0 Å². The van der Waals surface area contributed by atoms with Crippen LogP contribution < -0.4 is 5.32 Å². The number of pyridine rings is 1. The van der Waals surface area contributed by atoms with E-state index in [1.165, 1.54) is 5.56 Å². The Labute approximate surface area is 102 Å². The highest BCUT2D eigenvalue weighted by atomic mass is 16.4. The van der Waals surface area contributed by atoms with Crippen LogP contribution in [0.15, 0.2) is 24.5 Å². The maximum atomic E-state index is 11.3. The number of carboxylic acid groups (broad SMARTS) is 1. The summed E-state index contributed by atoms with van der Waals surface area (Å²) in [5, 5.41) is 12.4. The molecule has 0 aromatic carbocycles. The Morgan fingerprint density at radius 3 is 2.41 bits per heavy atom. The predicted molar refractivity (Wildman–Crippen MR) is 66.9 cm³/mol. The molecule has 0 aliphatic rings. The molecule has 94 valence electrons. The van der Waals surface area contributed by atoms with E-state index in [0.717, 1.165) is 6.42 Å². The molecule has 1 aromatic rings. The molecule has 0 atom stereocenters. The van der Waals surface area contributed by atoms with E-state index in [0.29, 0.717) is 19.4 Å². The van der Waals surface area contributed by atoms with E-state index in [2.05, 4.69) is 10.3 Å². The summed E-state index contributed by atoms with van der Waals surface area (Å²) < 4.78 is 0. The van der Waals surface area contributed by atoms with Gasteiger partial charge >= 0.3 is 5.97 Å². The van der Waals surface area contributed by atoms with E-state index < -0.39 is 11.5 Å². The Kier molecular flexibility index (Phi) is 5.10. The van der Waals surface area contributed by atoms with E-state index in [4.69, 9.17) is 0 Å². The molecule has 0 amide bonds. The van der Waals surface area contributed by atoms with Crippen LogP contribution in [0.2, 0.25) is 0 Å². The number of nitrogens with zero attached hydrogens (tertiary/aromatic N) is 1. The number of hydrogen-bond acceptors (Lipinski definition) is 3. The van der Waals surface area contributed by atoms with Gasteiger partial charge in [0.2, 0.25) is 0 Å². The third-order valence-corrected chi connectivity index (χ3v) is 3.24. The number of aliphatic carboxylic acids is 1. The molecular formula is C13H20N2O2. The molecule has 0 saturated carbocycles. The second-order valence-corrected chi connectivity index (χ2v) is 4.13. The van der Waals surface area contributed by atoms with Crippen LogP contribution >= 0.6 is 0 Å². The van der Waals surface area contributed by atoms with Gasteiger partial charge in [-0.3, -0.25) is 9.78 Å². The Hall–Kier alpha value is -1.42. The second-order valence-electron chi connectivity index (χ2n) is 4.13. The molecule has 1 rings (SSSR count). The van der Waals surface area contributed by atoms with E-state index in [9.17, 15) is 9.90 Å². The summed E-state index contributed by atoms with van der Waals surface area (Å²) in [6.45, 7) is 4.46. The number of hydrogen-bond donors (Lipinski definition) is 2. The van der Waals surface area contributed by atoms with Gasteiger partial charge in [-0.25, -0.2) is 0 Å². The average molecular weight is 236 g/mol. The Morgan fingerprint density at radius 2 is 1.94 bits per heavy atom. The fraction of sp³-hybridized carbons (Fsp3) is 0.538. The Bertz CT molecular complexity index is 348. The van der Waals surface area contributed by atoms with E-state index in [1.807, 2.05) is 26.0 Å². The van der Waals surface area contributed by atoms with Crippen molar-refractivity contribution in [3.63, 3.8) is 0 Å². The maximum absolute atomic E-state index is 11.3. The van der Waals surface area contributed by atoms with Gasteiger partial charge in [-0.1, -0.05) is 13.8 Å². The topological polar surface area (TPSA) is 62.2 Å². The fourth-order valence-corrected chi connectivity index (χ4v) is 1.87. The van der Waals surface area contributed by atoms with E-state index >= 15 is 0 Å². The van der Waals surface area contributed by atoms with Crippen LogP contribution in [0.25, 0.3) is 0 Å². The Balaban J connectivity index is 2.51. The molecule has 0 aliphatic heterocycles. The fourth-order valence-electron chi connectivity index (χ4n) is 1.87. The summed E-state index contributed by atoms with van der Waals surface area (Å²) in [7, 11) is 0. The summed E-state index contributed by atoms with van der Waals surface area (Å²) in [5.74, 6) is -0.766.